The first-order valence-corrected chi connectivity index (χ1v) is 6.95. The number of rotatable bonds is 3. The molecule has 0 spiro atoms. The van der Waals surface area contributed by atoms with E-state index in [9.17, 15) is 0 Å². The van der Waals surface area contributed by atoms with Gasteiger partial charge in [-0.2, -0.15) is 0 Å². The molecule has 0 aliphatic heterocycles. The Bertz CT molecular complexity index is 221. The smallest absolute Gasteiger partial charge is 0.0122 e. The maximum atomic E-state index is 2.49. The molecule has 1 atom stereocenters. The lowest BCUT2D eigenvalue weighted by Gasteiger charge is -2.42. The second-order valence-corrected chi connectivity index (χ2v) is 8.88. The Balaban J connectivity index is 4.74. The highest BCUT2D eigenvalue weighted by Crippen LogP contribution is 2.37. The second-order valence-electron chi connectivity index (χ2n) is 8.88. The lowest BCUT2D eigenvalue weighted by molar-refractivity contribution is 0.0760. The fourth-order valence-corrected chi connectivity index (χ4v) is 1.99. The summed E-state index contributed by atoms with van der Waals surface area (Å²) in [5.41, 5.74) is 1.06. The van der Waals surface area contributed by atoms with Crippen molar-refractivity contribution in [3.8, 4) is 0 Å². The van der Waals surface area contributed by atoms with E-state index in [-0.39, 0.29) is 5.54 Å². The van der Waals surface area contributed by atoms with Gasteiger partial charge in [-0.3, -0.25) is 0 Å². The van der Waals surface area contributed by atoms with Crippen LogP contribution >= 0.6 is 0 Å². The Morgan fingerprint density at radius 2 is 1.24 bits per heavy atom. The second kappa shape index (κ2) is 5.30. The highest BCUT2D eigenvalue weighted by atomic mass is 15.2. The van der Waals surface area contributed by atoms with Crippen molar-refractivity contribution in [1.82, 2.24) is 4.90 Å². The largest absolute Gasteiger partial charge is 0.301 e. The molecular formula is C16H35N. The summed E-state index contributed by atoms with van der Waals surface area (Å²) in [6, 6.07) is 0. The van der Waals surface area contributed by atoms with Gasteiger partial charge in [0.15, 0.2) is 0 Å². The van der Waals surface area contributed by atoms with Gasteiger partial charge in [0.25, 0.3) is 0 Å². The van der Waals surface area contributed by atoms with Crippen LogP contribution in [0.1, 0.15) is 68.7 Å². The van der Waals surface area contributed by atoms with E-state index in [2.05, 4.69) is 74.3 Å². The van der Waals surface area contributed by atoms with Gasteiger partial charge >= 0.3 is 0 Å². The molecule has 0 rings (SSSR count). The molecule has 1 heteroatoms. The molecule has 0 saturated carbocycles. The van der Waals surface area contributed by atoms with Crippen LogP contribution in [0, 0.1) is 16.7 Å². The predicted octanol–water partition coefficient (Wildman–Crippen LogP) is 4.82. The molecule has 0 heterocycles. The first-order chi connectivity index (χ1) is 7.23. The topological polar surface area (TPSA) is 3.24 Å². The van der Waals surface area contributed by atoms with Crippen LogP contribution in [-0.2, 0) is 0 Å². The van der Waals surface area contributed by atoms with Crippen LogP contribution in [0.5, 0.6) is 0 Å². The number of hydrogen-bond donors (Lipinski definition) is 0. The average Bonchev–Trinajstić information content (AvgIpc) is 1.96. The monoisotopic (exact) mass is 241 g/mol. The van der Waals surface area contributed by atoms with E-state index >= 15 is 0 Å². The van der Waals surface area contributed by atoms with Gasteiger partial charge in [-0.15, -0.1) is 0 Å². The molecule has 0 saturated heterocycles. The van der Waals surface area contributed by atoms with Crippen LogP contribution < -0.4 is 0 Å². The van der Waals surface area contributed by atoms with Crippen molar-refractivity contribution in [2.45, 2.75) is 74.3 Å². The Hall–Kier alpha value is -0.0400. The van der Waals surface area contributed by atoms with Crippen molar-refractivity contribution < 1.29 is 0 Å². The summed E-state index contributed by atoms with van der Waals surface area (Å²) in [6.45, 7) is 22.2. The standard InChI is InChI=1S/C16H35N/c1-14(2,3)11-13(15(4,5)6)12-17(10)16(7,8)9/h13H,11-12H2,1-10H3/t13-/m0/s1. The highest BCUT2D eigenvalue weighted by molar-refractivity contribution is 4.84. The summed E-state index contributed by atoms with van der Waals surface area (Å²) in [7, 11) is 2.25. The van der Waals surface area contributed by atoms with Crippen LogP contribution in [0.3, 0.4) is 0 Å². The van der Waals surface area contributed by atoms with Crippen molar-refractivity contribution >= 4 is 0 Å². The molecule has 0 bridgehead atoms. The summed E-state index contributed by atoms with van der Waals surface area (Å²) >= 11 is 0. The zero-order valence-corrected chi connectivity index (χ0v) is 13.9. The zero-order valence-electron chi connectivity index (χ0n) is 13.9. The number of nitrogens with zero attached hydrogens (tertiary/aromatic N) is 1. The fourth-order valence-electron chi connectivity index (χ4n) is 1.99. The Kier molecular flexibility index (Phi) is 5.29. The van der Waals surface area contributed by atoms with Crippen molar-refractivity contribution in [3.63, 3.8) is 0 Å². The summed E-state index contributed by atoms with van der Waals surface area (Å²) < 4.78 is 0. The minimum absolute atomic E-state index is 0.265. The minimum Gasteiger partial charge on any atom is -0.301 e. The van der Waals surface area contributed by atoms with Gasteiger partial charge in [0.05, 0.1) is 0 Å². The van der Waals surface area contributed by atoms with Gasteiger partial charge in [-0.05, 0) is 51.0 Å². The maximum Gasteiger partial charge on any atom is 0.0122 e. The van der Waals surface area contributed by atoms with Crippen LogP contribution in [0.2, 0.25) is 0 Å². The molecule has 0 aliphatic rings. The van der Waals surface area contributed by atoms with Gasteiger partial charge in [-0.25, -0.2) is 0 Å². The van der Waals surface area contributed by atoms with Gasteiger partial charge < -0.3 is 4.90 Å². The molecule has 0 amide bonds. The Labute approximate surface area is 110 Å². The van der Waals surface area contributed by atoms with Gasteiger partial charge in [-0.1, -0.05) is 41.5 Å². The summed E-state index contributed by atoms with van der Waals surface area (Å²) in [4.78, 5) is 2.49. The third-order valence-electron chi connectivity index (χ3n) is 3.72. The van der Waals surface area contributed by atoms with Gasteiger partial charge in [0, 0.05) is 12.1 Å². The van der Waals surface area contributed by atoms with Crippen molar-refractivity contribution in [2.24, 2.45) is 16.7 Å². The van der Waals surface area contributed by atoms with E-state index in [0.29, 0.717) is 10.8 Å². The molecule has 104 valence electrons. The summed E-state index contributed by atoms with van der Waals surface area (Å²) in [6.07, 6.45) is 1.29. The molecule has 0 aromatic heterocycles. The average molecular weight is 241 g/mol. The van der Waals surface area contributed by atoms with E-state index < -0.39 is 0 Å². The third-order valence-corrected chi connectivity index (χ3v) is 3.72. The fraction of sp³-hybridized carbons (Fsp3) is 1.00. The molecular weight excluding hydrogens is 206 g/mol. The van der Waals surface area contributed by atoms with Gasteiger partial charge in [0.1, 0.15) is 0 Å². The molecule has 0 unspecified atom stereocenters. The minimum atomic E-state index is 0.265. The van der Waals surface area contributed by atoms with Crippen molar-refractivity contribution in [1.29, 1.82) is 0 Å². The Morgan fingerprint density at radius 1 is 0.824 bits per heavy atom. The van der Waals surface area contributed by atoms with E-state index in [1.165, 1.54) is 13.0 Å². The zero-order chi connectivity index (χ0) is 14.1. The van der Waals surface area contributed by atoms with Crippen molar-refractivity contribution in [2.75, 3.05) is 13.6 Å². The summed E-state index contributed by atoms with van der Waals surface area (Å²) in [5, 5.41) is 0. The third kappa shape index (κ3) is 7.08. The predicted molar refractivity (Wildman–Crippen MR) is 79.4 cm³/mol. The molecule has 0 radical (unpaired) electrons. The normalized spacial score (nSPS) is 16.4. The first-order valence-electron chi connectivity index (χ1n) is 6.95. The molecule has 0 aliphatic carbocycles. The van der Waals surface area contributed by atoms with E-state index in [1.54, 1.807) is 0 Å². The molecule has 0 aromatic carbocycles. The summed E-state index contributed by atoms with van der Waals surface area (Å²) in [5.74, 6) is 0.742. The molecule has 0 fully saturated rings. The molecule has 17 heavy (non-hydrogen) atoms. The molecule has 0 N–H and O–H groups in total. The molecule has 1 nitrogen and oxygen atoms in total. The van der Waals surface area contributed by atoms with E-state index in [0.717, 1.165) is 5.92 Å². The van der Waals surface area contributed by atoms with Crippen LogP contribution in [0.4, 0.5) is 0 Å². The van der Waals surface area contributed by atoms with E-state index in [4.69, 9.17) is 0 Å². The highest BCUT2D eigenvalue weighted by Gasteiger charge is 2.31. The quantitative estimate of drug-likeness (QED) is 0.685. The molecule has 0 aromatic rings. The number of hydrogen-bond acceptors (Lipinski definition) is 1. The van der Waals surface area contributed by atoms with Crippen LogP contribution in [-0.4, -0.2) is 24.0 Å². The maximum absolute atomic E-state index is 2.49. The Morgan fingerprint density at radius 3 is 1.47 bits per heavy atom. The van der Waals surface area contributed by atoms with Crippen LogP contribution in [0.15, 0.2) is 0 Å². The van der Waals surface area contributed by atoms with Gasteiger partial charge in [0.2, 0.25) is 0 Å². The lowest BCUT2D eigenvalue weighted by atomic mass is 9.71. The lowest BCUT2D eigenvalue weighted by Crippen LogP contribution is -2.44. The van der Waals surface area contributed by atoms with Crippen LogP contribution in [0.25, 0.3) is 0 Å². The SMILES string of the molecule is CN(C[C@H](CC(C)(C)C)C(C)(C)C)C(C)(C)C. The first kappa shape index (κ1) is 17.0. The van der Waals surface area contributed by atoms with E-state index in [1.807, 2.05) is 0 Å². The van der Waals surface area contributed by atoms with Crippen molar-refractivity contribution in [3.05, 3.63) is 0 Å².